The van der Waals surface area contributed by atoms with Gasteiger partial charge in [0.25, 0.3) is 0 Å². The molecule has 0 atom stereocenters. The third kappa shape index (κ3) is 3.12. The zero-order chi connectivity index (χ0) is 13.9. The zero-order valence-corrected chi connectivity index (χ0v) is 11.4. The van der Waals surface area contributed by atoms with Crippen LogP contribution >= 0.6 is 11.6 Å². The van der Waals surface area contributed by atoms with E-state index in [9.17, 15) is 9.18 Å². The Morgan fingerprint density at radius 2 is 2.16 bits per heavy atom. The number of aromatic nitrogens is 2. The van der Waals surface area contributed by atoms with E-state index in [1.165, 1.54) is 0 Å². The maximum absolute atomic E-state index is 14.3. The first-order valence-corrected chi connectivity index (χ1v) is 6.53. The van der Waals surface area contributed by atoms with Crippen molar-refractivity contribution in [2.24, 2.45) is 0 Å². The number of anilines is 1. The van der Waals surface area contributed by atoms with Crippen LogP contribution in [0, 0.1) is 0 Å². The number of carbonyl (C=O) groups excluding carboxylic acids is 1. The monoisotopic (exact) mass is 287 g/mol. The minimum absolute atomic E-state index is 0.0934. The summed E-state index contributed by atoms with van der Waals surface area (Å²) in [5.41, 5.74) is -1.88. The molecule has 0 aliphatic carbocycles. The summed E-state index contributed by atoms with van der Waals surface area (Å²) in [6, 6.07) is 3.36. The minimum atomic E-state index is -1.88. The average Bonchev–Trinajstić information content (AvgIpc) is 2.41. The molecule has 0 saturated carbocycles. The van der Waals surface area contributed by atoms with E-state index in [-0.39, 0.29) is 19.4 Å². The largest absolute Gasteiger partial charge is 0.464 e. The topological polar surface area (TPSA) is 55.3 Å². The van der Waals surface area contributed by atoms with Crippen LogP contribution in [0.15, 0.2) is 12.1 Å². The first-order chi connectivity index (χ1) is 9.05. The summed E-state index contributed by atoms with van der Waals surface area (Å²) >= 11 is 5.66. The van der Waals surface area contributed by atoms with E-state index >= 15 is 0 Å². The molecule has 1 aromatic heterocycles. The van der Waals surface area contributed by atoms with Crippen molar-refractivity contribution in [1.29, 1.82) is 0 Å². The highest BCUT2D eigenvalue weighted by atomic mass is 35.5. The maximum Gasteiger partial charge on any atom is 0.344 e. The van der Waals surface area contributed by atoms with Crippen molar-refractivity contribution >= 4 is 23.4 Å². The van der Waals surface area contributed by atoms with Crippen LogP contribution in [0.4, 0.5) is 10.2 Å². The van der Waals surface area contributed by atoms with Crippen LogP contribution in [0.2, 0.25) is 5.15 Å². The van der Waals surface area contributed by atoms with Crippen LogP contribution < -0.4 is 4.90 Å². The molecule has 19 heavy (non-hydrogen) atoms. The van der Waals surface area contributed by atoms with Gasteiger partial charge in [0.05, 0.1) is 6.61 Å². The van der Waals surface area contributed by atoms with E-state index in [2.05, 4.69) is 10.2 Å². The number of carbonyl (C=O) groups is 1. The van der Waals surface area contributed by atoms with Gasteiger partial charge in [-0.2, -0.15) is 0 Å². The Hall–Kier alpha value is -1.43. The molecular formula is C12H15ClFN3O2. The molecule has 1 saturated heterocycles. The van der Waals surface area contributed by atoms with Gasteiger partial charge < -0.3 is 9.64 Å². The Kier molecular flexibility index (Phi) is 4.19. The van der Waals surface area contributed by atoms with Gasteiger partial charge in [-0.25, -0.2) is 9.18 Å². The number of ether oxygens (including phenoxy) is 1. The molecule has 7 heteroatoms. The van der Waals surface area contributed by atoms with Gasteiger partial charge in [-0.15, -0.1) is 10.2 Å². The lowest BCUT2D eigenvalue weighted by atomic mass is 9.93. The van der Waals surface area contributed by atoms with Crippen molar-refractivity contribution in [2.75, 3.05) is 24.6 Å². The first-order valence-electron chi connectivity index (χ1n) is 6.15. The highest BCUT2D eigenvalue weighted by molar-refractivity contribution is 6.29. The highest BCUT2D eigenvalue weighted by Crippen LogP contribution is 2.30. The molecule has 1 aliphatic heterocycles. The summed E-state index contributed by atoms with van der Waals surface area (Å²) in [7, 11) is 0. The van der Waals surface area contributed by atoms with Crippen molar-refractivity contribution < 1.29 is 13.9 Å². The fraction of sp³-hybridized carbons (Fsp3) is 0.583. The van der Waals surface area contributed by atoms with Gasteiger partial charge in [-0.1, -0.05) is 11.6 Å². The van der Waals surface area contributed by atoms with Crippen molar-refractivity contribution in [2.45, 2.75) is 25.4 Å². The Balaban J connectivity index is 1.99. The van der Waals surface area contributed by atoms with Gasteiger partial charge in [0, 0.05) is 25.9 Å². The second-order valence-corrected chi connectivity index (χ2v) is 4.77. The zero-order valence-electron chi connectivity index (χ0n) is 10.6. The van der Waals surface area contributed by atoms with E-state index in [1.807, 2.05) is 4.90 Å². The summed E-state index contributed by atoms with van der Waals surface area (Å²) in [4.78, 5) is 13.4. The first kappa shape index (κ1) is 14.0. The number of esters is 1. The quantitative estimate of drug-likeness (QED) is 0.796. The van der Waals surface area contributed by atoms with Gasteiger partial charge in [0.2, 0.25) is 5.67 Å². The van der Waals surface area contributed by atoms with Crippen LogP contribution in [-0.4, -0.2) is 41.5 Å². The standard InChI is InChI=1S/C12H15ClFN3O2/c1-2-19-11(18)12(14)5-7-17(8-6-12)10-4-3-9(13)15-16-10/h3-4H,2,5-8H2,1H3. The lowest BCUT2D eigenvalue weighted by molar-refractivity contribution is -0.158. The highest BCUT2D eigenvalue weighted by Gasteiger charge is 2.43. The van der Waals surface area contributed by atoms with E-state index < -0.39 is 11.6 Å². The van der Waals surface area contributed by atoms with Crippen molar-refractivity contribution in [3.05, 3.63) is 17.3 Å². The number of alkyl halides is 1. The number of halogens is 2. The van der Waals surface area contributed by atoms with E-state index in [0.717, 1.165) is 0 Å². The fourth-order valence-electron chi connectivity index (χ4n) is 2.03. The van der Waals surface area contributed by atoms with Crippen LogP contribution in [0.5, 0.6) is 0 Å². The minimum Gasteiger partial charge on any atom is -0.464 e. The molecule has 0 N–H and O–H groups in total. The molecule has 0 spiro atoms. The smallest absolute Gasteiger partial charge is 0.344 e. The van der Waals surface area contributed by atoms with Crippen LogP contribution in [0.3, 0.4) is 0 Å². The molecule has 1 aromatic rings. The molecule has 0 amide bonds. The fourth-order valence-corrected chi connectivity index (χ4v) is 2.13. The molecule has 2 rings (SSSR count). The van der Waals surface area contributed by atoms with Crippen molar-refractivity contribution in [1.82, 2.24) is 10.2 Å². The Morgan fingerprint density at radius 1 is 1.47 bits per heavy atom. The second-order valence-electron chi connectivity index (χ2n) is 4.39. The molecule has 0 aromatic carbocycles. The SMILES string of the molecule is CCOC(=O)C1(F)CCN(c2ccc(Cl)nn2)CC1. The van der Waals surface area contributed by atoms with E-state index in [1.54, 1.807) is 19.1 Å². The summed E-state index contributed by atoms with van der Waals surface area (Å²) < 4.78 is 19.1. The van der Waals surface area contributed by atoms with E-state index in [4.69, 9.17) is 16.3 Å². The molecule has 1 aliphatic rings. The summed E-state index contributed by atoms with van der Waals surface area (Å²) in [6.07, 6.45) is 0.187. The molecule has 2 heterocycles. The number of hydrogen-bond donors (Lipinski definition) is 0. The summed E-state index contributed by atoms with van der Waals surface area (Å²) in [6.45, 7) is 2.65. The van der Waals surface area contributed by atoms with Crippen LogP contribution in [-0.2, 0) is 9.53 Å². The van der Waals surface area contributed by atoms with E-state index in [0.29, 0.717) is 24.1 Å². The van der Waals surface area contributed by atoms with Crippen LogP contribution in [0.25, 0.3) is 0 Å². The maximum atomic E-state index is 14.3. The van der Waals surface area contributed by atoms with Gasteiger partial charge in [0.1, 0.15) is 0 Å². The number of nitrogens with zero attached hydrogens (tertiary/aromatic N) is 3. The average molecular weight is 288 g/mol. The van der Waals surface area contributed by atoms with Crippen LogP contribution in [0.1, 0.15) is 19.8 Å². The van der Waals surface area contributed by atoms with Gasteiger partial charge in [-0.3, -0.25) is 0 Å². The van der Waals surface area contributed by atoms with Gasteiger partial charge in [-0.05, 0) is 19.1 Å². The predicted molar refractivity (Wildman–Crippen MR) is 69.0 cm³/mol. The van der Waals surface area contributed by atoms with Gasteiger partial charge in [0.15, 0.2) is 11.0 Å². The van der Waals surface area contributed by atoms with Crippen molar-refractivity contribution in [3.8, 4) is 0 Å². The number of piperidine rings is 1. The summed E-state index contributed by atoms with van der Waals surface area (Å²) in [5, 5.41) is 7.99. The Morgan fingerprint density at radius 3 is 2.68 bits per heavy atom. The molecule has 1 fully saturated rings. The van der Waals surface area contributed by atoms with Crippen molar-refractivity contribution in [3.63, 3.8) is 0 Å². The molecular weight excluding hydrogens is 273 g/mol. The molecule has 0 bridgehead atoms. The third-order valence-electron chi connectivity index (χ3n) is 3.14. The molecule has 104 valence electrons. The third-order valence-corrected chi connectivity index (χ3v) is 3.34. The number of rotatable bonds is 3. The number of hydrogen-bond acceptors (Lipinski definition) is 5. The Bertz CT molecular complexity index is 447. The molecule has 5 nitrogen and oxygen atoms in total. The lowest BCUT2D eigenvalue weighted by Crippen LogP contribution is -2.47. The lowest BCUT2D eigenvalue weighted by Gasteiger charge is -2.35. The second kappa shape index (κ2) is 5.69. The predicted octanol–water partition coefficient (Wildman–Crippen LogP) is 2.00. The molecule has 0 unspecified atom stereocenters. The molecule has 0 radical (unpaired) electrons. The Labute approximate surface area is 115 Å². The summed E-state index contributed by atoms with van der Waals surface area (Å²) in [5.74, 6) is -0.132. The van der Waals surface area contributed by atoms with Gasteiger partial charge >= 0.3 is 5.97 Å². The normalized spacial score (nSPS) is 18.2.